The van der Waals surface area contributed by atoms with Crippen molar-refractivity contribution < 1.29 is 19.1 Å². The molecule has 0 bridgehead atoms. The van der Waals surface area contributed by atoms with E-state index < -0.39 is 11.8 Å². The largest absolute Gasteiger partial charge is 0.481 e. The van der Waals surface area contributed by atoms with Crippen molar-refractivity contribution in [1.29, 1.82) is 0 Å². The normalized spacial score (nSPS) is 18.3. The molecule has 0 radical (unpaired) electrons. The van der Waals surface area contributed by atoms with Gasteiger partial charge in [0.25, 0.3) is 5.91 Å². The molecule has 2 rings (SSSR count). The van der Waals surface area contributed by atoms with Crippen molar-refractivity contribution in [3.05, 3.63) is 34.1 Å². The zero-order valence-electron chi connectivity index (χ0n) is 10.8. The molecule has 1 aromatic carbocycles. The zero-order chi connectivity index (χ0) is 14.7. The van der Waals surface area contributed by atoms with Gasteiger partial charge in [0, 0.05) is 29.5 Å². The molecule has 1 heterocycles. The first-order chi connectivity index (χ1) is 9.45. The number of nitrogens with zero attached hydrogens (tertiary/aromatic N) is 1. The van der Waals surface area contributed by atoms with E-state index in [4.69, 9.17) is 5.11 Å². The van der Waals surface area contributed by atoms with Crippen LogP contribution in [0.15, 0.2) is 22.7 Å². The van der Waals surface area contributed by atoms with E-state index in [1.54, 1.807) is 11.0 Å². The van der Waals surface area contributed by atoms with Crippen LogP contribution in [-0.2, 0) is 4.79 Å². The number of halogens is 2. The molecule has 1 atom stereocenters. The lowest BCUT2D eigenvalue weighted by Crippen LogP contribution is -2.28. The molecule has 20 heavy (non-hydrogen) atoms. The van der Waals surface area contributed by atoms with E-state index in [-0.39, 0.29) is 18.2 Å². The fourth-order valence-electron chi connectivity index (χ4n) is 2.44. The summed E-state index contributed by atoms with van der Waals surface area (Å²) in [6.07, 6.45) is 1.50. The van der Waals surface area contributed by atoms with E-state index in [1.165, 1.54) is 12.1 Å². The number of amides is 1. The Labute approximate surface area is 124 Å². The Morgan fingerprint density at radius 2 is 2.15 bits per heavy atom. The summed E-state index contributed by atoms with van der Waals surface area (Å²) in [6, 6.07) is 4.12. The fourth-order valence-corrected chi connectivity index (χ4v) is 2.91. The molecule has 1 aliphatic heterocycles. The summed E-state index contributed by atoms with van der Waals surface area (Å²) in [7, 11) is 0. The molecule has 108 valence electrons. The lowest BCUT2D eigenvalue weighted by Gasteiger charge is -2.16. The number of benzene rings is 1. The summed E-state index contributed by atoms with van der Waals surface area (Å²) in [6.45, 7) is 1.14. The summed E-state index contributed by atoms with van der Waals surface area (Å²) in [5.41, 5.74) is 0.316. The van der Waals surface area contributed by atoms with Crippen molar-refractivity contribution in [2.75, 3.05) is 13.1 Å². The van der Waals surface area contributed by atoms with Gasteiger partial charge in [-0.05, 0) is 37.0 Å². The van der Waals surface area contributed by atoms with Crippen LogP contribution in [0.3, 0.4) is 0 Å². The number of carboxylic acid groups (broad SMARTS) is 1. The summed E-state index contributed by atoms with van der Waals surface area (Å²) >= 11 is 3.17. The molecule has 1 fully saturated rings. The lowest BCUT2D eigenvalue weighted by atomic mass is 10.0. The summed E-state index contributed by atoms with van der Waals surface area (Å²) in [4.78, 5) is 24.5. The van der Waals surface area contributed by atoms with Gasteiger partial charge in [0.2, 0.25) is 0 Å². The van der Waals surface area contributed by atoms with Crippen LogP contribution in [0.5, 0.6) is 0 Å². The van der Waals surface area contributed by atoms with Gasteiger partial charge >= 0.3 is 5.97 Å². The molecule has 4 nitrogen and oxygen atoms in total. The Hall–Kier alpha value is -1.43. The van der Waals surface area contributed by atoms with Crippen LogP contribution in [0.4, 0.5) is 4.39 Å². The van der Waals surface area contributed by atoms with Gasteiger partial charge in [-0.15, -0.1) is 0 Å². The number of hydrogen-bond acceptors (Lipinski definition) is 2. The van der Waals surface area contributed by atoms with E-state index in [1.807, 2.05) is 0 Å². The van der Waals surface area contributed by atoms with Crippen molar-refractivity contribution in [2.45, 2.75) is 19.3 Å². The maximum absolute atomic E-state index is 13.3. The van der Waals surface area contributed by atoms with Crippen molar-refractivity contribution in [3.63, 3.8) is 0 Å². The first-order valence-electron chi connectivity index (χ1n) is 6.43. The van der Waals surface area contributed by atoms with Crippen LogP contribution in [0.2, 0.25) is 0 Å². The summed E-state index contributed by atoms with van der Waals surface area (Å²) in [5, 5.41) is 8.66. The standard InChI is InChI=1S/C14H15BrFNO3/c15-11-5-10(6-12(16)7-11)14(20)17-4-3-9(8-17)1-2-13(18)19/h5-7,9H,1-4,8H2,(H,18,19). The Balaban J connectivity index is 1.98. The Kier molecular flexibility index (Phi) is 4.75. The molecule has 1 amide bonds. The minimum Gasteiger partial charge on any atom is -0.481 e. The van der Waals surface area contributed by atoms with Gasteiger partial charge < -0.3 is 10.0 Å². The highest BCUT2D eigenvalue weighted by molar-refractivity contribution is 9.10. The highest BCUT2D eigenvalue weighted by Crippen LogP contribution is 2.24. The first-order valence-corrected chi connectivity index (χ1v) is 7.22. The first kappa shape index (κ1) is 15.0. The quantitative estimate of drug-likeness (QED) is 0.914. The molecule has 1 unspecified atom stereocenters. The highest BCUT2D eigenvalue weighted by atomic mass is 79.9. The van der Waals surface area contributed by atoms with Crippen LogP contribution in [0.1, 0.15) is 29.6 Å². The minimum absolute atomic E-state index is 0.123. The van der Waals surface area contributed by atoms with Crippen molar-refractivity contribution in [1.82, 2.24) is 4.90 Å². The molecular formula is C14H15BrFNO3. The van der Waals surface area contributed by atoms with E-state index in [0.717, 1.165) is 6.42 Å². The Morgan fingerprint density at radius 3 is 2.80 bits per heavy atom. The van der Waals surface area contributed by atoms with Gasteiger partial charge in [-0.25, -0.2) is 4.39 Å². The smallest absolute Gasteiger partial charge is 0.303 e. The molecule has 0 spiro atoms. The van der Waals surface area contributed by atoms with Gasteiger partial charge in [-0.2, -0.15) is 0 Å². The molecule has 1 aliphatic rings. The van der Waals surface area contributed by atoms with Crippen molar-refractivity contribution in [2.24, 2.45) is 5.92 Å². The van der Waals surface area contributed by atoms with Crippen LogP contribution >= 0.6 is 15.9 Å². The molecular weight excluding hydrogens is 329 g/mol. The second kappa shape index (κ2) is 6.35. The third kappa shape index (κ3) is 3.79. The van der Waals surface area contributed by atoms with E-state index >= 15 is 0 Å². The number of likely N-dealkylation sites (tertiary alicyclic amines) is 1. The third-order valence-corrected chi connectivity index (χ3v) is 3.91. The van der Waals surface area contributed by atoms with Crippen molar-refractivity contribution in [3.8, 4) is 0 Å². The molecule has 1 saturated heterocycles. The molecule has 1 N–H and O–H groups in total. The molecule has 0 aromatic heterocycles. The number of rotatable bonds is 4. The number of aliphatic carboxylic acids is 1. The fraction of sp³-hybridized carbons (Fsp3) is 0.429. The van der Waals surface area contributed by atoms with Crippen molar-refractivity contribution >= 4 is 27.8 Å². The van der Waals surface area contributed by atoms with Crippen LogP contribution in [-0.4, -0.2) is 35.0 Å². The average molecular weight is 344 g/mol. The summed E-state index contributed by atoms with van der Waals surface area (Å²) < 4.78 is 13.8. The molecule has 1 aromatic rings. The maximum atomic E-state index is 13.3. The minimum atomic E-state index is -0.816. The van der Waals surface area contributed by atoms with E-state index in [2.05, 4.69) is 15.9 Å². The lowest BCUT2D eigenvalue weighted by molar-refractivity contribution is -0.137. The second-order valence-corrected chi connectivity index (χ2v) is 5.91. The van der Waals surface area contributed by atoms with E-state index in [0.29, 0.717) is 29.5 Å². The monoisotopic (exact) mass is 343 g/mol. The zero-order valence-corrected chi connectivity index (χ0v) is 12.4. The number of carbonyl (C=O) groups is 2. The Bertz CT molecular complexity index is 515. The van der Waals surface area contributed by atoms with Gasteiger partial charge in [-0.1, -0.05) is 15.9 Å². The molecule has 0 saturated carbocycles. The number of carbonyl (C=O) groups excluding carboxylic acids is 1. The number of hydrogen-bond donors (Lipinski definition) is 1. The van der Waals surface area contributed by atoms with Gasteiger partial charge in [0.1, 0.15) is 5.82 Å². The summed E-state index contributed by atoms with van der Waals surface area (Å²) in [5.74, 6) is -1.26. The van der Waals surface area contributed by atoms with Gasteiger partial charge in [0.15, 0.2) is 0 Å². The van der Waals surface area contributed by atoms with Crippen LogP contribution < -0.4 is 0 Å². The van der Waals surface area contributed by atoms with Gasteiger partial charge in [-0.3, -0.25) is 9.59 Å². The predicted molar refractivity (Wildman–Crippen MR) is 75.0 cm³/mol. The number of carboxylic acids is 1. The van der Waals surface area contributed by atoms with E-state index in [9.17, 15) is 14.0 Å². The highest BCUT2D eigenvalue weighted by Gasteiger charge is 2.27. The predicted octanol–water partition coefficient (Wildman–Crippen LogP) is 2.92. The average Bonchev–Trinajstić information content (AvgIpc) is 2.83. The maximum Gasteiger partial charge on any atom is 0.303 e. The second-order valence-electron chi connectivity index (χ2n) is 5.00. The third-order valence-electron chi connectivity index (χ3n) is 3.45. The Morgan fingerprint density at radius 1 is 1.40 bits per heavy atom. The van der Waals surface area contributed by atoms with Crippen LogP contribution in [0.25, 0.3) is 0 Å². The SMILES string of the molecule is O=C(O)CCC1CCN(C(=O)c2cc(F)cc(Br)c2)C1. The topological polar surface area (TPSA) is 57.6 Å². The molecule has 6 heteroatoms. The molecule has 0 aliphatic carbocycles. The van der Waals surface area contributed by atoms with Gasteiger partial charge in [0.05, 0.1) is 0 Å². The van der Waals surface area contributed by atoms with Crippen LogP contribution in [0, 0.1) is 11.7 Å².